The van der Waals surface area contributed by atoms with Crippen LogP contribution in [0, 0.1) is 18.7 Å². The van der Waals surface area contributed by atoms with Crippen molar-refractivity contribution in [1.82, 2.24) is 14.6 Å². The summed E-state index contributed by atoms with van der Waals surface area (Å²) in [6, 6.07) is 8.03. The number of ether oxygens (including phenoxy) is 1. The Labute approximate surface area is 137 Å². The van der Waals surface area contributed by atoms with Crippen LogP contribution in [0.15, 0.2) is 36.5 Å². The number of hydrogen-bond acceptors (Lipinski definition) is 4. The molecule has 0 aliphatic heterocycles. The molecule has 0 atom stereocenters. The van der Waals surface area contributed by atoms with Gasteiger partial charge in [-0.3, -0.25) is 4.79 Å². The molecule has 1 fully saturated rings. The number of hydrogen-bond donors (Lipinski definition) is 1. The maximum Gasteiger partial charge on any atom is 0.237 e. The van der Waals surface area contributed by atoms with Crippen molar-refractivity contribution in [1.29, 1.82) is 0 Å². The predicted octanol–water partition coefficient (Wildman–Crippen LogP) is 3.32. The normalized spacial score (nSPS) is 13.9. The molecule has 122 valence electrons. The lowest BCUT2D eigenvalue weighted by Crippen LogP contribution is -2.13. The predicted molar refractivity (Wildman–Crippen MR) is 85.6 cm³/mol. The van der Waals surface area contributed by atoms with Gasteiger partial charge in [0.15, 0.2) is 23.0 Å². The molecule has 0 radical (unpaired) electrons. The Balaban J connectivity index is 1.57. The molecule has 1 saturated carbocycles. The van der Waals surface area contributed by atoms with Crippen molar-refractivity contribution >= 4 is 17.4 Å². The summed E-state index contributed by atoms with van der Waals surface area (Å²) in [5.74, 6) is 0.429. The van der Waals surface area contributed by atoms with Crippen molar-refractivity contribution < 1.29 is 13.9 Å². The first-order valence-corrected chi connectivity index (χ1v) is 7.70. The van der Waals surface area contributed by atoms with E-state index < -0.39 is 5.82 Å². The molecule has 3 aromatic rings. The Morgan fingerprint density at radius 3 is 2.92 bits per heavy atom. The maximum atomic E-state index is 13.9. The zero-order valence-electron chi connectivity index (χ0n) is 13.0. The summed E-state index contributed by atoms with van der Waals surface area (Å²) >= 11 is 0. The van der Waals surface area contributed by atoms with Crippen LogP contribution in [0.5, 0.6) is 11.6 Å². The molecule has 4 rings (SSSR count). The average Bonchev–Trinajstić information content (AvgIpc) is 3.31. The second kappa shape index (κ2) is 5.59. The number of amides is 1. The average molecular weight is 326 g/mol. The van der Waals surface area contributed by atoms with E-state index in [4.69, 9.17) is 4.74 Å². The highest BCUT2D eigenvalue weighted by molar-refractivity contribution is 5.93. The van der Waals surface area contributed by atoms with Gasteiger partial charge in [-0.15, -0.1) is 5.10 Å². The van der Waals surface area contributed by atoms with Gasteiger partial charge in [0.05, 0.1) is 6.20 Å². The quantitative estimate of drug-likeness (QED) is 0.798. The lowest BCUT2D eigenvalue weighted by Gasteiger charge is -2.06. The molecule has 2 aromatic heterocycles. The number of nitrogens with one attached hydrogen (secondary N) is 1. The van der Waals surface area contributed by atoms with Gasteiger partial charge in [0.1, 0.15) is 0 Å². The van der Waals surface area contributed by atoms with Crippen LogP contribution in [0.25, 0.3) is 5.65 Å². The van der Waals surface area contributed by atoms with Crippen LogP contribution in [0.1, 0.15) is 18.4 Å². The first-order valence-electron chi connectivity index (χ1n) is 7.70. The van der Waals surface area contributed by atoms with Crippen LogP contribution in [0.2, 0.25) is 0 Å². The summed E-state index contributed by atoms with van der Waals surface area (Å²) in [6.45, 7) is 1.81. The highest BCUT2D eigenvalue weighted by atomic mass is 19.1. The largest absolute Gasteiger partial charge is 0.435 e. The second-order valence-corrected chi connectivity index (χ2v) is 5.90. The van der Waals surface area contributed by atoms with E-state index in [9.17, 15) is 9.18 Å². The van der Waals surface area contributed by atoms with E-state index in [1.165, 1.54) is 10.6 Å². The molecule has 1 amide bonds. The zero-order valence-corrected chi connectivity index (χ0v) is 13.0. The van der Waals surface area contributed by atoms with Gasteiger partial charge in [0.25, 0.3) is 0 Å². The van der Waals surface area contributed by atoms with Gasteiger partial charge >= 0.3 is 0 Å². The van der Waals surface area contributed by atoms with Crippen molar-refractivity contribution in [2.45, 2.75) is 19.8 Å². The van der Waals surface area contributed by atoms with Crippen LogP contribution in [0.4, 0.5) is 10.2 Å². The molecule has 1 N–H and O–H groups in total. The zero-order chi connectivity index (χ0) is 16.7. The number of carbonyl (C=O) groups excluding carboxylic acids is 1. The number of anilines is 1. The van der Waals surface area contributed by atoms with Crippen LogP contribution < -0.4 is 10.1 Å². The van der Waals surface area contributed by atoms with Gasteiger partial charge in [0, 0.05) is 12.0 Å². The smallest absolute Gasteiger partial charge is 0.237 e. The van der Waals surface area contributed by atoms with E-state index in [1.807, 2.05) is 0 Å². The lowest BCUT2D eigenvalue weighted by atomic mass is 10.2. The Morgan fingerprint density at radius 1 is 1.33 bits per heavy atom. The number of aromatic nitrogens is 3. The topological polar surface area (TPSA) is 68.5 Å². The number of fused-ring (bicyclic) bond motifs is 1. The molecule has 0 unspecified atom stereocenters. The van der Waals surface area contributed by atoms with Gasteiger partial charge < -0.3 is 10.1 Å². The molecule has 2 heterocycles. The number of rotatable bonds is 4. The van der Waals surface area contributed by atoms with E-state index >= 15 is 0 Å². The number of benzene rings is 1. The molecule has 0 saturated heterocycles. The van der Waals surface area contributed by atoms with Crippen molar-refractivity contribution in [3.05, 3.63) is 47.9 Å². The highest BCUT2D eigenvalue weighted by Gasteiger charge is 2.30. The van der Waals surface area contributed by atoms with E-state index in [1.54, 1.807) is 37.4 Å². The highest BCUT2D eigenvalue weighted by Crippen LogP contribution is 2.30. The third-order valence-electron chi connectivity index (χ3n) is 3.80. The third kappa shape index (κ3) is 2.92. The van der Waals surface area contributed by atoms with Gasteiger partial charge in [0.2, 0.25) is 11.8 Å². The minimum absolute atomic E-state index is 0.0170. The van der Waals surface area contributed by atoms with Crippen molar-refractivity contribution in [3.8, 4) is 11.6 Å². The summed E-state index contributed by atoms with van der Waals surface area (Å²) in [7, 11) is 0. The van der Waals surface area contributed by atoms with E-state index in [0.717, 1.165) is 18.4 Å². The van der Waals surface area contributed by atoms with E-state index in [2.05, 4.69) is 15.4 Å². The fourth-order valence-corrected chi connectivity index (χ4v) is 2.35. The second-order valence-electron chi connectivity index (χ2n) is 5.90. The molecular weight excluding hydrogens is 311 g/mol. The third-order valence-corrected chi connectivity index (χ3v) is 3.80. The van der Waals surface area contributed by atoms with Crippen LogP contribution in [-0.2, 0) is 4.79 Å². The molecular formula is C17H15FN4O2. The van der Waals surface area contributed by atoms with E-state index in [-0.39, 0.29) is 23.5 Å². The van der Waals surface area contributed by atoms with Crippen LogP contribution in [-0.4, -0.2) is 20.5 Å². The first-order chi connectivity index (χ1) is 11.6. The van der Waals surface area contributed by atoms with E-state index in [0.29, 0.717) is 11.5 Å². The van der Waals surface area contributed by atoms with Crippen molar-refractivity contribution in [3.63, 3.8) is 0 Å². The molecule has 1 aromatic carbocycles. The molecule has 1 aliphatic carbocycles. The lowest BCUT2D eigenvalue weighted by molar-refractivity contribution is -0.117. The molecule has 0 bridgehead atoms. The summed E-state index contributed by atoms with van der Waals surface area (Å²) < 4.78 is 20.8. The Morgan fingerprint density at radius 2 is 2.17 bits per heavy atom. The molecule has 0 spiro atoms. The Bertz CT molecular complexity index is 933. The number of aryl methyl sites for hydroxylation is 1. The van der Waals surface area contributed by atoms with Gasteiger partial charge in [-0.1, -0.05) is 6.07 Å². The number of nitrogens with zero attached hydrogens (tertiary/aromatic N) is 3. The van der Waals surface area contributed by atoms with Crippen molar-refractivity contribution in [2.75, 3.05) is 5.32 Å². The summed E-state index contributed by atoms with van der Waals surface area (Å²) in [4.78, 5) is 16.1. The minimum atomic E-state index is -0.445. The van der Waals surface area contributed by atoms with Gasteiger partial charge in [-0.05, 0) is 43.5 Å². The Kier molecular flexibility index (Phi) is 3.41. The molecule has 1 aliphatic rings. The van der Waals surface area contributed by atoms with Crippen molar-refractivity contribution in [2.24, 2.45) is 5.92 Å². The molecule has 7 heteroatoms. The van der Waals surface area contributed by atoms with Gasteiger partial charge in [-0.25, -0.2) is 13.9 Å². The summed E-state index contributed by atoms with van der Waals surface area (Å²) in [5.41, 5.74) is 1.38. The summed E-state index contributed by atoms with van der Waals surface area (Å²) in [6.07, 6.45) is 3.46. The summed E-state index contributed by atoms with van der Waals surface area (Å²) in [5, 5.41) is 7.00. The maximum absolute atomic E-state index is 13.9. The van der Waals surface area contributed by atoms with Crippen LogP contribution in [0.3, 0.4) is 0 Å². The SMILES string of the molecule is Cc1ccc(Oc2ccc3nc(NC(=O)C4CC4)cn3n2)c(F)c1. The number of halogens is 1. The standard InChI is InChI=1S/C17H15FN4O2/c1-10-2-5-13(12(18)8-10)24-16-7-6-15-19-14(9-22(15)21-16)20-17(23)11-3-4-11/h2,5-9,11H,3-4H2,1H3,(H,20,23). The Hall–Kier alpha value is -2.96. The number of carbonyl (C=O) groups is 1. The molecule has 6 nitrogen and oxygen atoms in total. The molecule has 24 heavy (non-hydrogen) atoms. The monoisotopic (exact) mass is 326 g/mol. The van der Waals surface area contributed by atoms with Crippen LogP contribution >= 0.6 is 0 Å². The van der Waals surface area contributed by atoms with Gasteiger partial charge in [-0.2, -0.15) is 0 Å². The fraction of sp³-hybridized carbons (Fsp3) is 0.235. The fourth-order valence-electron chi connectivity index (χ4n) is 2.35. The minimum Gasteiger partial charge on any atom is -0.435 e. The first kappa shape index (κ1) is 14.6. The number of imidazole rings is 1.